The van der Waals surface area contributed by atoms with Crippen LogP contribution in [0.15, 0.2) is 12.1 Å². The highest BCUT2D eigenvalue weighted by atomic mass is 16.3. The van der Waals surface area contributed by atoms with Crippen LogP contribution in [0.5, 0.6) is 0 Å². The summed E-state index contributed by atoms with van der Waals surface area (Å²) in [7, 11) is 1.81. The molecule has 1 aromatic rings. The van der Waals surface area contributed by atoms with Crippen LogP contribution < -0.4 is 5.32 Å². The second kappa shape index (κ2) is 6.02. The average molecular weight is 291 g/mol. The van der Waals surface area contributed by atoms with Gasteiger partial charge in [-0.3, -0.25) is 4.79 Å². The number of carbonyl (C=O) groups excluding carboxylic acids is 1. The maximum Gasteiger partial charge on any atom is 0.254 e. The summed E-state index contributed by atoms with van der Waals surface area (Å²) in [4.78, 5) is 19.0. The smallest absolute Gasteiger partial charge is 0.254 e. The van der Waals surface area contributed by atoms with Gasteiger partial charge in [0.2, 0.25) is 0 Å². The molecule has 0 unspecified atom stereocenters. The van der Waals surface area contributed by atoms with E-state index in [2.05, 4.69) is 31.1 Å². The van der Waals surface area contributed by atoms with Gasteiger partial charge in [0.25, 0.3) is 5.91 Å². The monoisotopic (exact) mass is 291 g/mol. The summed E-state index contributed by atoms with van der Waals surface area (Å²) >= 11 is 0. The summed E-state index contributed by atoms with van der Waals surface area (Å²) in [5.41, 5.74) is 1.45. The first-order valence-corrected chi connectivity index (χ1v) is 7.49. The fraction of sp³-hybridized carbons (Fsp3) is 0.625. The minimum atomic E-state index is -0.274. The lowest BCUT2D eigenvalue weighted by Crippen LogP contribution is -2.40. The van der Waals surface area contributed by atoms with Crippen LogP contribution in [0.3, 0.4) is 0 Å². The molecule has 0 aromatic carbocycles. The van der Waals surface area contributed by atoms with E-state index in [-0.39, 0.29) is 17.4 Å². The number of carbonyl (C=O) groups is 1. The Hall–Kier alpha value is -1.62. The van der Waals surface area contributed by atoms with Crippen molar-refractivity contribution < 1.29 is 9.90 Å². The van der Waals surface area contributed by atoms with Gasteiger partial charge in [0.15, 0.2) is 0 Å². The highest BCUT2D eigenvalue weighted by Gasteiger charge is 2.24. The van der Waals surface area contributed by atoms with Gasteiger partial charge in [-0.25, -0.2) is 4.98 Å². The Morgan fingerprint density at radius 2 is 1.95 bits per heavy atom. The number of aliphatic hydroxyl groups excluding tert-OH is 1. The fourth-order valence-electron chi connectivity index (χ4n) is 2.42. The number of pyridine rings is 1. The van der Waals surface area contributed by atoms with Gasteiger partial charge in [-0.2, -0.15) is 0 Å². The van der Waals surface area contributed by atoms with Crippen molar-refractivity contribution in [1.29, 1.82) is 0 Å². The SMILES string of the molecule is CNc1cc(C(=O)N2CCC(O)CC2)cc(C(C)(C)C)n1. The van der Waals surface area contributed by atoms with E-state index in [0.29, 0.717) is 37.3 Å². The van der Waals surface area contributed by atoms with E-state index in [1.807, 2.05) is 11.0 Å². The number of nitrogens with one attached hydrogen (secondary N) is 1. The van der Waals surface area contributed by atoms with E-state index in [1.54, 1.807) is 13.1 Å². The number of hydrogen-bond donors (Lipinski definition) is 2. The van der Waals surface area contributed by atoms with Gasteiger partial charge >= 0.3 is 0 Å². The minimum absolute atomic E-state index is 0.0197. The Morgan fingerprint density at radius 3 is 2.48 bits per heavy atom. The molecule has 2 N–H and O–H groups in total. The Morgan fingerprint density at radius 1 is 1.33 bits per heavy atom. The van der Waals surface area contributed by atoms with Crippen molar-refractivity contribution >= 4 is 11.7 Å². The standard InChI is InChI=1S/C16H25N3O2/c1-16(2,3)13-9-11(10-14(17-4)18-13)15(21)19-7-5-12(20)6-8-19/h9-10,12,20H,5-8H2,1-4H3,(H,17,18). The summed E-state index contributed by atoms with van der Waals surface area (Å²) in [6.07, 6.45) is 1.04. The van der Waals surface area contributed by atoms with Crippen LogP contribution in [0.2, 0.25) is 0 Å². The van der Waals surface area contributed by atoms with Gasteiger partial charge < -0.3 is 15.3 Å². The van der Waals surface area contributed by atoms with Crippen molar-refractivity contribution in [3.8, 4) is 0 Å². The van der Waals surface area contributed by atoms with Crippen molar-refractivity contribution in [1.82, 2.24) is 9.88 Å². The van der Waals surface area contributed by atoms with E-state index in [9.17, 15) is 9.90 Å². The van der Waals surface area contributed by atoms with Gasteiger partial charge in [-0.15, -0.1) is 0 Å². The molecule has 1 amide bonds. The van der Waals surface area contributed by atoms with Gasteiger partial charge in [0, 0.05) is 36.8 Å². The maximum absolute atomic E-state index is 12.6. The van der Waals surface area contributed by atoms with E-state index in [0.717, 1.165) is 5.69 Å². The summed E-state index contributed by atoms with van der Waals surface area (Å²) in [6, 6.07) is 3.68. The third kappa shape index (κ3) is 3.73. The molecule has 0 bridgehead atoms. The van der Waals surface area contributed by atoms with Crippen LogP contribution >= 0.6 is 0 Å². The molecule has 21 heavy (non-hydrogen) atoms. The molecule has 5 heteroatoms. The maximum atomic E-state index is 12.6. The highest BCUT2D eigenvalue weighted by molar-refractivity contribution is 5.95. The lowest BCUT2D eigenvalue weighted by molar-refractivity contribution is 0.0546. The summed E-state index contributed by atoms with van der Waals surface area (Å²) < 4.78 is 0. The molecule has 0 atom stereocenters. The molecule has 1 aromatic heterocycles. The van der Waals surface area contributed by atoms with Crippen LogP contribution in [-0.4, -0.2) is 47.1 Å². The minimum Gasteiger partial charge on any atom is -0.393 e. The Balaban J connectivity index is 2.28. The molecule has 0 saturated carbocycles. The second-order valence-electron chi connectivity index (χ2n) is 6.65. The van der Waals surface area contributed by atoms with Gasteiger partial charge in [0.1, 0.15) is 5.82 Å². The van der Waals surface area contributed by atoms with Crippen LogP contribution in [0.1, 0.15) is 49.7 Å². The first-order valence-electron chi connectivity index (χ1n) is 7.49. The first kappa shape index (κ1) is 15.8. The van der Waals surface area contributed by atoms with Crippen LogP contribution in [0.4, 0.5) is 5.82 Å². The Bertz CT molecular complexity index is 515. The van der Waals surface area contributed by atoms with E-state index >= 15 is 0 Å². The molecular weight excluding hydrogens is 266 g/mol. The van der Waals surface area contributed by atoms with E-state index in [4.69, 9.17) is 0 Å². The van der Waals surface area contributed by atoms with E-state index < -0.39 is 0 Å². The molecule has 2 heterocycles. The molecule has 1 saturated heterocycles. The number of aliphatic hydroxyl groups is 1. The fourth-order valence-corrected chi connectivity index (χ4v) is 2.42. The van der Waals surface area contributed by atoms with Gasteiger partial charge in [-0.05, 0) is 25.0 Å². The van der Waals surface area contributed by atoms with Gasteiger partial charge in [-0.1, -0.05) is 20.8 Å². The van der Waals surface area contributed by atoms with Crippen molar-refractivity contribution in [2.45, 2.75) is 45.1 Å². The lowest BCUT2D eigenvalue weighted by Gasteiger charge is -2.30. The number of rotatable bonds is 2. The zero-order valence-electron chi connectivity index (χ0n) is 13.3. The quantitative estimate of drug-likeness (QED) is 0.875. The Labute approximate surface area is 126 Å². The number of aromatic nitrogens is 1. The van der Waals surface area contributed by atoms with Crippen molar-refractivity contribution in [2.24, 2.45) is 0 Å². The third-order valence-corrected chi connectivity index (χ3v) is 3.85. The zero-order chi connectivity index (χ0) is 15.6. The molecule has 2 rings (SSSR count). The summed E-state index contributed by atoms with van der Waals surface area (Å²) in [5, 5.41) is 12.6. The average Bonchev–Trinajstić information content (AvgIpc) is 2.46. The highest BCUT2D eigenvalue weighted by Crippen LogP contribution is 2.24. The number of likely N-dealkylation sites (tertiary alicyclic amines) is 1. The summed E-state index contributed by atoms with van der Waals surface area (Å²) in [6.45, 7) is 7.48. The third-order valence-electron chi connectivity index (χ3n) is 3.85. The normalized spacial score (nSPS) is 16.9. The second-order valence-corrected chi connectivity index (χ2v) is 6.65. The van der Waals surface area contributed by atoms with Crippen LogP contribution in [0.25, 0.3) is 0 Å². The largest absolute Gasteiger partial charge is 0.393 e. The number of nitrogens with zero attached hydrogens (tertiary/aromatic N) is 2. The number of piperidine rings is 1. The zero-order valence-corrected chi connectivity index (χ0v) is 13.3. The lowest BCUT2D eigenvalue weighted by atomic mass is 9.90. The van der Waals surface area contributed by atoms with Crippen molar-refractivity contribution in [2.75, 3.05) is 25.5 Å². The molecule has 0 aliphatic carbocycles. The first-order chi connectivity index (χ1) is 9.81. The van der Waals surface area contributed by atoms with Gasteiger partial charge in [0.05, 0.1) is 6.10 Å². The van der Waals surface area contributed by atoms with Crippen LogP contribution in [-0.2, 0) is 5.41 Å². The molecule has 0 radical (unpaired) electrons. The molecule has 1 fully saturated rings. The topological polar surface area (TPSA) is 65.5 Å². The van der Waals surface area contributed by atoms with Crippen molar-refractivity contribution in [3.63, 3.8) is 0 Å². The predicted molar refractivity (Wildman–Crippen MR) is 83.6 cm³/mol. The number of anilines is 1. The molecule has 1 aliphatic heterocycles. The molecule has 116 valence electrons. The molecule has 5 nitrogen and oxygen atoms in total. The summed E-state index contributed by atoms with van der Waals surface area (Å²) in [5.74, 6) is 0.731. The number of amides is 1. The van der Waals surface area contributed by atoms with E-state index in [1.165, 1.54) is 0 Å². The molecular formula is C16H25N3O2. The Kier molecular flexibility index (Phi) is 4.52. The molecule has 0 spiro atoms. The van der Waals surface area contributed by atoms with Crippen LogP contribution in [0, 0.1) is 0 Å². The van der Waals surface area contributed by atoms with Crippen molar-refractivity contribution in [3.05, 3.63) is 23.4 Å². The predicted octanol–water partition coefficient (Wildman–Crippen LogP) is 2.02. The molecule has 1 aliphatic rings. The number of hydrogen-bond acceptors (Lipinski definition) is 4.